The van der Waals surface area contributed by atoms with Gasteiger partial charge in [0.15, 0.2) is 0 Å². The first-order valence-corrected chi connectivity index (χ1v) is 15.2. The fourth-order valence-electron chi connectivity index (χ4n) is 5.73. The highest BCUT2D eigenvalue weighted by Crippen LogP contribution is 2.46. The van der Waals surface area contributed by atoms with Crippen molar-refractivity contribution in [3.05, 3.63) is 94.0 Å². The molecule has 2 atom stereocenters. The van der Waals surface area contributed by atoms with Gasteiger partial charge in [0.2, 0.25) is 15.9 Å². The normalized spacial score (nSPS) is 22.2. The molecule has 3 aromatic rings. The van der Waals surface area contributed by atoms with Gasteiger partial charge >= 0.3 is 6.18 Å². The predicted molar refractivity (Wildman–Crippen MR) is 153 cm³/mol. The van der Waals surface area contributed by atoms with Gasteiger partial charge in [0, 0.05) is 55.9 Å². The van der Waals surface area contributed by atoms with Crippen molar-refractivity contribution in [3.8, 4) is 0 Å². The Kier molecular flexibility index (Phi) is 8.06. The Morgan fingerprint density at radius 2 is 1.61 bits per heavy atom. The first-order chi connectivity index (χ1) is 19.3. The van der Waals surface area contributed by atoms with Crippen LogP contribution in [0.1, 0.15) is 24.0 Å². The molecular formula is C29H28Cl2F3N3O3S. The van der Waals surface area contributed by atoms with Crippen molar-refractivity contribution in [2.24, 2.45) is 5.41 Å². The van der Waals surface area contributed by atoms with E-state index >= 15 is 0 Å². The maximum atomic E-state index is 14.2. The van der Waals surface area contributed by atoms with Crippen molar-refractivity contribution in [3.63, 3.8) is 0 Å². The molecule has 12 heteroatoms. The summed E-state index contributed by atoms with van der Waals surface area (Å²) in [4.78, 5) is 17.5. The number of halogens is 5. The van der Waals surface area contributed by atoms with Gasteiger partial charge in [-0.1, -0.05) is 59.6 Å². The number of alkyl halides is 3. The minimum atomic E-state index is -4.45. The second-order valence-corrected chi connectivity index (χ2v) is 13.3. The van der Waals surface area contributed by atoms with E-state index in [9.17, 15) is 26.4 Å². The summed E-state index contributed by atoms with van der Waals surface area (Å²) in [5.41, 5.74) is -0.547. The molecule has 2 aliphatic heterocycles. The van der Waals surface area contributed by atoms with Gasteiger partial charge in [-0.2, -0.15) is 17.5 Å². The van der Waals surface area contributed by atoms with Crippen LogP contribution in [0.15, 0.2) is 77.7 Å². The number of rotatable bonds is 5. The van der Waals surface area contributed by atoms with Crippen LogP contribution in [0.4, 0.5) is 18.9 Å². The number of nitrogens with zero attached hydrogens (tertiary/aromatic N) is 3. The second kappa shape index (κ2) is 11.1. The molecule has 3 aromatic carbocycles. The van der Waals surface area contributed by atoms with Crippen molar-refractivity contribution in [2.45, 2.75) is 23.9 Å². The second-order valence-electron chi connectivity index (χ2n) is 10.6. The lowest BCUT2D eigenvalue weighted by atomic mass is 9.75. The molecular weight excluding hydrogens is 598 g/mol. The summed E-state index contributed by atoms with van der Waals surface area (Å²) in [5.74, 6) is -0.643. The summed E-state index contributed by atoms with van der Waals surface area (Å²) in [5, 5.41) is 0.264. The predicted octanol–water partition coefficient (Wildman–Crippen LogP) is 6.16. The quantitative estimate of drug-likeness (QED) is 0.341. The maximum Gasteiger partial charge on any atom is 0.416 e. The zero-order chi connectivity index (χ0) is 29.6. The fraction of sp³-hybridized carbons (Fsp3) is 0.345. The third kappa shape index (κ3) is 5.80. The first kappa shape index (κ1) is 29.7. The molecule has 2 fully saturated rings. The Labute approximate surface area is 247 Å². The summed E-state index contributed by atoms with van der Waals surface area (Å²) in [6.45, 7) is 3.06. The molecule has 0 N–H and O–H groups in total. The highest BCUT2D eigenvalue weighted by molar-refractivity contribution is 7.89. The third-order valence-electron chi connectivity index (χ3n) is 7.97. The lowest BCUT2D eigenvalue weighted by molar-refractivity contribution is -0.141. The number of carbonyl (C=O) groups excluding carboxylic acids is 1. The van der Waals surface area contributed by atoms with Gasteiger partial charge < -0.3 is 9.80 Å². The van der Waals surface area contributed by atoms with E-state index in [-0.39, 0.29) is 33.9 Å². The van der Waals surface area contributed by atoms with E-state index in [1.165, 1.54) is 28.6 Å². The van der Waals surface area contributed by atoms with Crippen molar-refractivity contribution < 1.29 is 26.4 Å². The van der Waals surface area contributed by atoms with E-state index in [1.54, 1.807) is 17.9 Å². The molecule has 2 aliphatic rings. The largest absolute Gasteiger partial charge is 0.416 e. The molecule has 0 bridgehead atoms. The smallest absolute Gasteiger partial charge is 0.368 e. The standard InChI is InChI=1S/C29H28Cl2F3N3O3S/c1-28(27(38)36-14-12-35(13-15-36)23-9-5-8-21(16-23)29(32,33)34)19-37(18-24(28)20-6-3-2-4-7-20)41(39,40)26-17-22(30)10-11-25(26)31/h2-11,16-17,24H,12-15,18-19H2,1H3/t24-,28-/m0/s1. The summed E-state index contributed by atoms with van der Waals surface area (Å²) in [6.07, 6.45) is -4.45. The van der Waals surface area contributed by atoms with Crippen molar-refractivity contribution in [2.75, 3.05) is 44.2 Å². The molecule has 1 amide bonds. The van der Waals surface area contributed by atoms with E-state index in [0.29, 0.717) is 31.9 Å². The molecule has 2 saturated heterocycles. The topological polar surface area (TPSA) is 60.9 Å². The summed E-state index contributed by atoms with van der Waals surface area (Å²) >= 11 is 12.3. The van der Waals surface area contributed by atoms with Gasteiger partial charge in [-0.05, 0) is 48.9 Å². The average molecular weight is 627 g/mol. The van der Waals surface area contributed by atoms with Crippen LogP contribution in [0.5, 0.6) is 0 Å². The maximum absolute atomic E-state index is 14.2. The fourth-order valence-corrected chi connectivity index (χ4v) is 8.03. The Balaban J connectivity index is 1.40. The van der Waals surface area contributed by atoms with Gasteiger partial charge in [-0.25, -0.2) is 8.42 Å². The molecule has 5 rings (SSSR count). The van der Waals surface area contributed by atoms with Gasteiger partial charge in [-0.15, -0.1) is 0 Å². The van der Waals surface area contributed by atoms with Crippen molar-refractivity contribution in [1.29, 1.82) is 0 Å². The van der Waals surface area contributed by atoms with Crippen LogP contribution in [0.25, 0.3) is 0 Å². The highest BCUT2D eigenvalue weighted by Gasteiger charge is 2.54. The number of anilines is 1. The minimum Gasteiger partial charge on any atom is -0.368 e. The van der Waals surface area contributed by atoms with E-state index in [4.69, 9.17) is 23.2 Å². The van der Waals surface area contributed by atoms with E-state index in [1.807, 2.05) is 35.2 Å². The molecule has 0 radical (unpaired) electrons. The van der Waals surface area contributed by atoms with Crippen LogP contribution < -0.4 is 4.90 Å². The van der Waals surface area contributed by atoms with Crippen LogP contribution >= 0.6 is 23.2 Å². The zero-order valence-corrected chi connectivity index (χ0v) is 24.4. The molecule has 0 aromatic heterocycles. The number of carbonyl (C=O) groups is 1. The number of piperazine rings is 1. The molecule has 0 unspecified atom stereocenters. The molecule has 41 heavy (non-hydrogen) atoms. The number of benzene rings is 3. The summed E-state index contributed by atoms with van der Waals surface area (Å²) in [6, 6.07) is 18.7. The highest BCUT2D eigenvalue weighted by atomic mass is 35.5. The lowest BCUT2D eigenvalue weighted by Crippen LogP contribution is -2.54. The lowest BCUT2D eigenvalue weighted by Gasteiger charge is -2.41. The SMILES string of the molecule is C[C@]1(C(=O)N2CCN(c3cccc(C(F)(F)F)c3)CC2)CN(S(=O)(=O)c2cc(Cl)ccc2Cl)C[C@H]1c1ccccc1. The molecule has 0 aliphatic carbocycles. The molecule has 6 nitrogen and oxygen atoms in total. The molecule has 2 heterocycles. The minimum absolute atomic E-state index is 0.0382. The van der Waals surface area contributed by atoms with Gasteiger partial charge in [0.05, 0.1) is 16.0 Å². The van der Waals surface area contributed by atoms with Crippen LogP contribution in [-0.2, 0) is 21.0 Å². The molecule has 218 valence electrons. The van der Waals surface area contributed by atoms with Crippen LogP contribution in [0.2, 0.25) is 10.0 Å². The first-order valence-electron chi connectivity index (χ1n) is 13.0. The van der Waals surface area contributed by atoms with Gasteiger partial charge in [0.1, 0.15) is 4.90 Å². The number of sulfonamides is 1. The van der Waals surface area contributed by atoms with Gasteiger partial charge in [-0.3, -0.25) is 4.79 Å². The van der Waals surface area contributed by atoms with Crippen LogP contribution in [0.3, 0.4) is 0 Å². The Morgan fingerprint density at radius 1 is 0.927 bits per heavy atom. The van der Waals surface area contributed by atoms with Crippen molar-refractivity contribution in [1.82, 2.24) is 9.21 Å². The third-order valence-corrected chi connectivity index (χ3v) is 10.5. The average Bonchev–Trinajstić information content (AvgIpc) is 3.33. The van der Waals surface area contributed by atoms with Crippen LogP contribution in [0, 0.1) is 5.41 Å². The van der Waals surface area contributed by atoms with E-state index in [2.05, 4.69) is 0 Å². The molecule has 0 saturated carbocycles. The van der Waals surface area contributed by atoms with Crippen LogP contribution in [-0.4, -0.2) is 62.8 Å². The van der Waals surface area contributed by atoms with Crippen molar-refractivity contribution >= 4 is 44.8 Å². The molecule has 0 spiro atoms. The van der Waals surface area contributed by atoms with E-state index in [0.717, 1.165) is 17.7 Å². The number of hydrogen-bond acceptors (Lipinski definition) is 4. The Bertz CT molecular complexity index is 1550. The summed E-state index contributed by atoms with van der Waals surface area (Å²) in [7, 11) is -4.08. The number of amides is 1. The zero-order valence-electron chi connectivity index (χ0n) is 22.1. The Morgan fingerprint density at radius 3 is 2.27 bits per heavy atom. The van der Waals surface area contributed by atoms with E-state index < -0.39 is 33.1 Å². The number of hydrogen-bond donors (Lipinski definition) is 0. The monoisotopic (exact) mass is 625 g/mol. The van der Waals surface area contributed by atoms with Gasteiger partial charge in [0.25, 0.3) is 0 Å². The Hall–Kier alpha value is -2.79. The summed E-state index contributed by atoms with van der Waals surface area (Å²) < 4.78 is 68.5.